The van der Waals surface area contributed by atoms with Crippen LogP contribution in [-0.2, 0) is 10.9 Å². The molecule has 0 aliphatic carbocycles. The predicted octanol–water partition coefficient (Wildman–Crippen LogP) is 2.67. The minimum atomic E-state index is -4.53. The molecular weight excluding hydrogens is 275 g/mol. The first-order valence-corrected chi connectivity index (χ1v) is 5.68. The van der Waals surface area contributed by atoms with E-state index in [0.29, 0.717) is 0 Å². The molecule has 106 valence electrons. The Hall–Kier alpha value is -2.38. The highest BCUT2D eigenvalue weighted by molar-refractivity contribution is 5.88. The van der Waals surface area contributed by atoms with Crippen molar-refractivity contribution in [2.24, 2.45) is 0 Å². The van der Waals surface area contributed by atoms with E-state index in [0.717, 1.165) is 12.3 Å². The molecule has 8 heteroatoms. The zero-order valence-corrected chi connectivity index (χ0v) is 10.4. The molecule has 2 heterocycles. The van der Waals surface area contributed by atoms with Gasteiger partial charge in [-0.05, 0) is 25.1 Å². The lowest BCUT2D eigenvalue weighted by Gasteiger charge is -2.05. The second-order valence-electron chi connectivity index (χ2n) is 3.81. The Balaban J connectivity index is 2.31. The monoisotopic (exact) mass is 285 g/mol. The Kier molecular flexibility index (Phi) is 3.73. The standard InChI is InChI=1S/C12H10F3N3O2/c1-2-20-11(19)9-6-8(17-18-9)7-3-4-16-10(5-7)12(13,14)15/h3-6H,2H2,1H3,(H,17,18). The topological polar surface area (TPSA) is 67.9 Å². The third kappa shape index (κ3) is 2.95. The Morgan fingerprint density at radius 3 is 2.80 bits per heavy atom. The SMILES string of the molecule is CCOC(=O)c1cc(-c2ccnc(C(F)(F)F)c2)n[nH]1. The summed E-state index contributed by atoms with van der Waals surface area (Å²) in [6, 6.07) is 3.57. The summed E-state index contributed by atoms with van der Waals surface area (Å²) in [6.07, 6.45) is -3.49. The van der Waals surface area contributed by atoms with Gasteiger partial charge in [0.05, 0.1) is 12.3 Å². The number of aromatic nitrogens is 3. The summed E-state index contributed by atoms with van der Waals surface area (Å²) < 4.78 is 42.4. The van der Waals surface area contributed by atoms with E-state index < -0.39 is 17.8 Å². The van der Waals surface area contributed by atoms with Crippen molar-refractivity contribution in [3.63, 3.8) is 0 Å². The summed E-state index contributed by atoms with van der Waals surface area (Å²) in [6.45, 7) is 1.84. The Bertz CT molecular complexity index is 622. The first kappa shape index (κ1) is 14.0. The number of nitrogens with one attached hydrogen (secondary N) is 1. The van der Waals surface area contributed by atoms with E-state index in [1.807, 2.05) is 0 Å². The highest BCUT2D eigenvalue weighted by Gasteiger charge is 2.32. The molecule has 0 aliphatic heterocycles. The van der Waals surface area contributed by atoms with Gasteiger partial charge >= 0.3 is 12.1 Å². The maximum absolute atomic E-state index is 12.6. The van der Waals surface area contributed by atoms with Crippen LogP contribution in [0.25, 0.3) is 11.3 Å². The number of carbonyl (C=O) groups is 1. The van der Waals surface area contributed by atoms with Crippen LogP contribution >= 0.6 is 0 Å². The van der Waals surface area contributed by atoms with Crippen molar-refractivity contribution in [2.45, 2.75) is 13.1 Å². The van der Waals surface area contributed by atoms with E-state index in [4.69, 9.17) is 4.74 Å². The summed E-state index contributed by atoms with van der Waals surface area (Å²) in [5.41, 5.74) is -0.525. The average molecular weight is 285 g/mol. The van der Waals surface area contributed by atoms with Crippen LogP contribution in [0, 0.1) is 0 Å². The molecule has 0 atom stereocenters. The van der Waals surface area contributed by atoms with Crippen LogP contribution in [-0.4, -0.2) is 27.8 Å². The number of alkyl halides is 3. The maximum Gasteiger partial charge on any atom is 0.433 e. The number of H-pyrrole nitrogens is 1. The smallest absolute Gasteiger partial charge is 0.433 e. The van der Waals surface area contributed by atoms with Crippen molar-refractivity contribution < 1.29 is 22.7 Å². The number of esters is 1. The third-order valence-electron chi connectivity index (χ3n) is 2.42. The van der Waals surface area contributed by atoms with Gasteiger partial charge in [0, 0.05) is 11.8 Å². The summed E-state index contributed by atoms with van der Waals surface area (Å²) in [5, 5.41) is 6.21. The first-order chi connectivity index (χ1) is 9.41. The van der Waals surface area contributed by atoms with Crippen LogP contribution in [0.1, 0.15) is 23.1 Å². The molecule has 0 saturated carbocycles. The molecule has 0 radical (unpaired) electrons. The van der Waals surface area contributed by atoms with Crippen LogP contribution < -0.4 is 0 Å². The van der Waals surface area contributed by atoms with Crippen LogP contribution in [0.2, 0.25) is 0 Å². The van der Waals surface area contributed by atoms with Crippen molar-refractivity contribution in [3.05, 3.63) is 35.8 Å². The molecule has 0 fully saturated rings. The van der Waals surface area contributed by atoms with Crippen LogP contribution in [0.3, 0.4) is 0 Å². The van der Waals surface area contributed by atoms with Gasteiger partial charge in [-0.2, -0.15) is 18.3 Å². The largest absolute Gasteiger partial charge is 0.461 e. The molecule has 0 aromatic carbocycles. The van der Waals surface area contributed by atoms with Crippen LogP contribution in [0.15, 0.2) is 24.4 Å². The molecule has 0 aliphatic rings. The van der Waals surface area contributed by atoms with Crippen LogP contribution in [0.4, 0.5) is 13.2 Å². The van der Waals surface area contributed by atoms with Crippen molar-refractivity contribution in [3.8, 4) is 11.3 Å². The fourth-order valence-electron chi connectivity index (χ4n) is 1.53. The summed E-state index contributed by atoms with van der Waals surface area (Å²) in [7, 11) is 0. The molecule has 5 nitrogen and oxygen atoms in total. The van der Waals surface area contributed by atoms with E-state index in [1.54, 1.807) is 6.92 Å². The van der Waals surface area contributed by atoms with E-state index in [1.165, 1.54) is 12.1 Å². The average Bonchev–Trinajstić information content (AvgIpc) is 2.88. The number of halogens is 3. The Labute approximate surface area is 111 Å². The number of nitrogens with zero attached hydrogens (tertiary/aromatic N) is 2. The van der Waals surface area contributed by atoms with Crippen molar-refractivity contribution >= 4 is 5.97 Å². The van der Waals surface area contributed by atoms with Crippen molar-refractivity contribution in [1.82, 2.24) is 15.2 Å². The van der Waals surface area contributed by atoms with Gasteiger partial charge in [-0.25, -0.2) is 4.79 Å². The van der Waals surface area contributed by atoms with Crippen LogP contribution in [0.5, 0.6) is 0 Å². The molecular formula is C12H10F3N3O2. The van der Waals surface area contributed by atoms with Gasteiger partial charge in [0.15, 0.2) is 0 Å². The van der Waals surface area contributed by atoms with Crippen molar-refractivity contribution in [1.29, 1.82) is 0 Å². The zero-order chi connectivity index (χ0) is 14.8. The Morgan fingerprint density at radius 2 is 2.15 bits per heavy atom. The fraction of sp³-hybridized carbons (Fsp3) is 0.250. The third-order valence-corrected chi connectivity index (χ3v) is 2.42. The summed E-state index contributed by atoms with van der Waals surface area (Å²) >= 11 is 0. The minimum absolute atomic E-state index is 0.0761. The van der Waals surface area contributed by atoms with Gasteiger partial charge in [-0.1, -0.05) is 0 Å². The fourth-order valence-corrected chi connectivity index (χ4v) is 1.53. The molecule has 2 aromatic rings. The van der Waals surface area contributed by atoms with Gasteiger partial charge in [0.2, 0.25) is 0 Å². The molecule has 0 bridgehead atoms. The predicted molar refractivity (Wildman–Crippen MR) is 62.8 cm³/mol. The molecule has 0 unspecified atom stereocenters. The van der Waals surface area contributed by atoms with Gasteiger partial charge in [0.1, 0.15) is 11.4 Å². The zero-order valence-electron chi connectivity index (χ0n) is 10.4. The van der Waals surface area contributed by atoms with E-state index >= 15 is 0 Å². The minimum Gasteiger partial charge on any atom is -0.461 e. The molecule has 20 heavy (non-hydrogen) atoms. The summed E-state index contributed by atoms with van der Waals surface area (Å²) in [4.78, 5) is 14.7. The van der Waals surface area contributed by atoms with Gasteiger partial charge in [-0.15, -0.1) is 0 Å². The van der Waals surface area contributed by atoms with E-state index in [2.05, 4.69) is 15.2 Å². The number of carbonyl (C=O) groups excluding carboxylic acids is 1. The maximum atomic E-state index is 12.6. The molecule has 1 N–H and O–H groups in total. The van der Waals surface area contributed by atoms with Gasteiger partial charge in [0.25, 0.3) is 0 Å². The lowest BCUT2D eigenvalue weighted by atomic mass is 10.1. The lowest BCUT2D eigenvalue weighted by Crippen LogP contribution is -2.07. The molecule has 2 aromatic heterocycles. The van der Waals surface area contributed by atoms with Gasteiger partial charge in [-0.3, -0.25) is 10.1 Å². The second-order valence-corrected chi connectivity index (χ2v) is 3.81. The summed E-state index contributed by atoms with van der Waals surface area (Å²) in [5.74, 6) is -0.614. The highest BCUT2D eigenvalue weighted by atomic mass is 19.4. The lowest BCUT2D eigenvalue weighted by molar-refractivity contribution is -0.141. The van der Waals surface area contributed by atoms with E-state index in [-0.39, 0.29) is 23.6 Å². The highest BCUT2D eigenvalue weighted by Crippen LogP contribution is 2.30. The molecule has 2 rings (SSSR count). The molecule has 0 spiro atoms. The number of hydrogen-bond acceptors (Lipinski definition) is 4. The normalized spacial score (nSPS) is 11.4. The first-order valence-electron chi connectivity index (χ1n) is 5.68. The molecule has 0 saturated heterocycles. The Morgan fingerprint density at radius 1 is 1.40 bits per heavy atom. The quantitative estimate of drug-likeness (QED) is 0.880. The number of aromatic amines is 1. The second kappa shape index (κ2) is 5.32. The van der Waals surface area contributed by atoms with Gasteiger partial charge < -0.3 is 4.74 Å². The number of ether oxygens (including phenoxy) is 1. The van der Waals surface area contributed by atoms with Crippen molar-refractivity contribution in [2.75, 3.05) is 6.61 Å². The number of rotatable bonds is 3. The molecule has 0 amide bonds. The van der Waals surface area contributed by atoms with E-state index in [9.17, 15) is 18.0 Å². The number of hydrogen-bond donors (Lipinski definition) is 1. The number of pyridine rings is 1.